The summed E-state index contributed by atoms with van der Waals surface area (Å²) in [7, 11) is 2.88. The van der Waals surface area contributed by atoms with Crippen molar-refractivity contribution in [1.29, 1.82) is 0 Å². The Bertz CT molecular complexity index is 255. The summed E-state index contributed by atoms with van der Waals surface area (Å²) in [5.41, 5.74) is 0.292. The van der Waals surface area contributed by atoms with Crippen LogP contribution in [-0.4, -0.2) is 53.0 Å². The molecule has 0 atom stereocenters. The van der Waals surface area contributed by atoms with Crippen molar-refractivity contribution >= 4 is 10.9 Å². The van der Waals surface area contributed by atoms with Gasteiger partial charge in [0, 0.05) is 5.41 Å². The van der Waals surface area contributed by atoms with Crippen molar-refractivity contribution in [3.05, 3.63) is 0 Å². The van der Waals surface area contributed by atoms with Crippen LogP contribution in [0.1, 0.15) is 38.5 Å². The number of aliphatic hydroxyl groups is 1. The first-order chi connectivity index (χ1) is 8.22. The van der Waals surface area contributed by atoms with Crippen LogP contribution in [0.3, 0.4) is 0 Å². The lowest BCUT2D eigenvalue weighted by Gasteiger charge is -2.38. The molecule has 17 heavy (non-hydrogen) atoms. The lowest BCUT2D eigenvalue weighted by Crippen LogP contribution is -2.45. The van der Waals surface area contributed by atoms with E-state index in [4.69, 9.17) is 0 Å². The lowest BCUT2D eigenvalue weighted by atomic mass is 9.81. The Morgan fingerprint density at radius 2 is 1.65 bits per heavy atom. The van der Waals surface area contributed by atoms with Crippen molar-refractivity contribution in [2.45, 2.75) is 49.0 Å². The van der Waals surface area contributed by atoms with Crippen molar-refractivity contribution in [1.82, 2.24) is 4.90 Å². The van der Waals surface area contributed by atoms with Crippen molar-refractivity contribution in [2.75, 3.05) is 32.5 Å². The molecule has 0 aromatic carbocycles. The van der Waals surface area contributed by atoms with Crippen LogP contribution in [0.5, 0.6) is 0 Å². The Morgan fingerprint density at radius 1 is 1.12 bits per heavy atom. The fourth-order valence-corrected chi connectivity index (χ4v) is 6.63. The highest BCUT2D eigenvalue weighted by Crippen LogP contribution is 2.46. The monoisotopic (exact) mass is 256 g/mol. The van der Waals surface area contributed by atoms with E-state index in [9.17, 15) is 5.11 Å². The van der Waals surface area contributed by atoms with Crippen molar-refractivity contribution in [3.63, 3.8) is 0 Å². The third-order valence-corrected chi connectivity index (χ3v) is 8.36. The van der Waals surface area contributed by atoms with Crippen molar-refractivity contribution in [2.24, 2.45) is 5.41 Å². The summed E-state index contributed by atoms with van der Waals surface area (Å²) < 4.78 is 0. The minimum atomic E-state index is 0.292. The van der Waals surface area contributed by atoms with E-state index < -0.39 is 0 Å². The van der Waals surface area contributed by atoms with Gasteiger partial charge >= 0.3 is 0 Å². The summed E-state index contributed by atoms with van der Waals surface area (Å²) >= 11 is 0. The Kier molecular flexibility index (Phi) is 3.44. The Morgan fingerprint density at radius 3 is 2.06 bits per heavy atom. The smallest absolute Gasteiger partial charge is 0.118 e. The zero-order chi connectivity index (χ0) is 11.9. The largest absolute Gasteiger partial charge is 0.396 e. The molecule has 0 aromatic rings. The Balaban J connectivity index is 1.63. The van der Waals surface area contributed by atoms with Gasteiger partial charge in [0.15, 0.2) is 0 Å². The first-order valence-electron chi connectivity index (χ1n) is 7.20. The standard InChI is InChI=1S/C14H26NOS/c1-15-8-6-14(10-16,7-9-15)11-17(12-2-3-12)13-4-5-13/h12-13,16H,2-11H2,1H3/q+1. The molecule has 1 aliphatic heterocycles. The highest BCUT2D eigenvalue weighted by molar-refractivity contribution is 7.98. The first-order valence-corrected chi connectivity index (χ1v) is 8.72. The fourth-order valence-electron chi connectivity index (χ4n) is 3.04. The Hall–Kier alpha value is 0.270. The second-order valence-electron chi connectivity index (χ2n) is 6.47. The molecular formula is C14H26NOS+. The molecule has 0 aromatic heterocycles. The lowest BCUT2D eigenvalue weighted by molar-refractivity contribution is 0.0722. The highest BCUT2D eigenvalue weighted by atomic mass is 32.2. The van der Waals surface area contributed by atoms with E-state index in [1.807, 2.05) is 0 Å². The quantitative estimate of drug-likeness (QED) is 0.756. The molecule has 1 N–H and O–H groups in total. The number of hydrogen-bond donors (Lipinski definition) is 1. The number of rotatable bonds is 5. The van der Waals surface area contributed by atoms with Crippen LogP contribution in [0.2, 0.25) is 0 Å². The SMILES string of the molecule is CN1CCC(CO)(C[S+](C2CC2)C2CC2)CC1. The molecule has 0 spiro atoms. The van der Waals surface area contributed by atoms with Gasteiger partial charge in [-0.2, -0.15) is 0 Å². The summed E-state index contributed by atoms with van der Waals surface area (Å²) in [6.07, 6.45) is 8.40. The third-order valence-electron chi connectivity index (χ3n) is 4.76. The van der Waals surface area contributed by atoms with Crippen LogP contribution >= 0.6 is 0 Å². The third kappa shape index (κ3) is 2.82. The molecule has 0 radical (unpaired) electrons. The number of hydrogen-bond acceptors (Lipinski definition) is 2. The topological polar surface area (TPSA) is 23.5 Å². The molecule has 1 saturated heterocycles. The molecule has 3 fully saturated rings. The summed E-state index contributed by atoms with van der Waals surface area (Å²) in [4.78, 5) is 2.42. The molecule has 3 rings (SSSR count). The molecule has 0 bridgehead atoms. The van der Waals surface area contributed by atoms with Crippen LogP contribution < -0.4 is 0 Å². The molecule has 2 aliphatic carbocycles. The molecule has 2 saturated carbocycles. The zero-order valence-electron chi connectivity index (χ0n) is 11.0. The molecule has 2 nitrogen and oxygen atoms in total. The van der Waals surface area contributed by atoms with E-state index in [2.05, 4.69) is 11.9 Å². The van der Waals surface area contributed by atoms with Gasteiger partial charge in [0.25, 0.3) is 0 Å². The average molecular weight is 256 g/mol. The average Bonchev–Trinajstić information content (AvgIpc) is 3.20. The minimum Gasteiger partial charge on any atom is -0.396 e. The second kappa shape index (κ2) is 4.75. The van der Waals surface area contributed by atoms with E-state index in [0.717, 1.165) is 10.5 Å². The van der Waals surface area contributed by atoms with Gasteiger partial charge in [-0.25, -0.2) is 0 Å². The van der Waals surface area contributed by atoms with Crippen LogP contribution in [0.25, 0.3) is 0 Å². The van der Waals surface area contributed by atoms with Crippen LogP contribution in [0, 0.1) is 5.41 Å². The molecule has 3 aliphatic rings. The van der Waals surface area contributed by atoms with Gasteiger partial charge in [-0.1, -0.05) is 0 Å². The molecule has 98 valence electrons. The van der Waals surface area contributed by atoms with Gasteiger partial charge in [-0.15, -0.1) is 0 Å². The summed E-state index contributed by atoms with van der Waals surface area (Å²) in [5.74, 6) is 1.35. The summed E-state index contributed by atoms with van der Waals surface area (Å²) in [6.45, 7) is 2.81. The first kappa shape index (κ1) is 12.3. The maximum atomic E-state index is 9.87. The maximum absolute atomic E-state index is 9.87. The Labute approximate surface area is 108 Å². The predicted octanol–water partition coefficient (Wildman–Crippen LogP) is 1.63. The molecular weight excluding hydrogens is 230 g/mol. The molecule has 3 heteroatoms. The van der Waals surface area contributed by atoms with Crippen LogP contribution in [-0.2, 0) is 10.9 Å². The van der Waals surface area contributed by atoms with E-state index in [-0.39, 0.29) is 0 Å². The van der Waals surface area contributed by atoms with E-state index in [1.54, 1.807) is 0 Å². The normalized spacial score (nSPS) is 29.8. The highest BCUT2D eigenvalue weighted by Gasteiger charge is 2.54. The van der Waals surface area contributed by atoms with Crippen LogP contribution in [0.4, 0.5) is 0 Å². The maximum Gasteiger partial charge on any atom is 0.118 e. The van der Waals surface area contributed by atoms with Gasteiger partial charge in [0.05, 0.1) is 6.61 Å². The van der Waals surface area contributed by atoms with Gasteiger partial charge < -0.3 is 10.0 Å². The van der Waals surface area contributed by atoms with Crippen molar-refractivity contribution in [3.8, 4) is 0 Å². The second-order valence-corrected chi connectivity index (χ2v) is 9.03. The number of likely N-dealkylation sites (tertiary alicyclic amines) is 1. The summed E-state index contributed by atoms with van der Waals surface area (Å²) in [5, 5.41) is 12.0. The van der Waals surface area contributed by atoms with Crippen molar-refractivity contribution < 1.29 is 5.11 Å². The fraction of sp³-hybridized carbons (Fsp3) is 1.00. The molecule has 1 heterocycles. The predicted molar refractivity (Wildman–Crippen MR) is 74.5 cm³/mol. The van der Waals surface area contributed by atoms with E-state index in [1.165, 1.54) is 57.4 Å². The number of aliphatic hydroxyl groups excluding tert-OH is 1. The molecule has 0 amide bonds. The van der Waals surface area contributed by atoms with Gasteiger partial charge in [0.2, 0.25) is 0 Å². The van der Waals surface area contributed by atoms with E-state index in [0.29, 0.717) is 22.9 Å². The zero-order valence-corrected chi connectivity index (χ0v) is 11.8. The van der Waals surface area contributed by atoms with Gasteiger partial charge in [-0.3, -0.25) is 0 Å². The number of nitrogens with zero attached hydrogens (tertiary/aromatic N) is 1. The van der Waals surface area contributed by atoms with Crippen LogP contribution in [0.15, 0.2) is 0 Å². The summed E-state index contributed by atoms with van der Waals surface area (Å²) in [6, 6.07) is 0. The minimum absolute atomic E-state index is 0.292. The van der Waals surface area contributed by atoms with E-state index >= 15 is 0 Å². The number of piperidine rings is 1. The van der Waals surface area contributed by atoms with Gasteiger partial charge in [-0.05, 0) is 69.6 Å². The molecule has 0 unspecified atom stereocenters. The van der Waals surface area contributed by atoms with Gasteiger partial charge in [0.1, 0.15) is 16.3 Å².